The van der Waals surface area contributed by atoms with Crippen molar-refractivity contribution < 1.29 is 17.9 Å². The zero-order valence-electron chi connectivity index (χ0n) is 18.1. The number of nitrogens with one attached hydrogen (secondary N) is 1. The molecule has 0 amide bonds. The highest BCUT2D eigenvalue weighted by molar-refractivity contribution is 7.92. The van der Waals surface area contributed by atoms with Crippen LogP contribution in [0.1, 0.15) is 56.0 Å². The Morgan fingerprint density at radius 1 is 1.07 bits per heavy atom. The summed E-state index contributed by atoms with van der Waals surface area (Å²) < 4.78 is 34.1. The number of aryl methyl sites for hydroxylation is 1. The summed E-state index contributed by atoms with van der Waals surface area (Å²) in [6.45, 7) is 8.39. The van der Waals surface area contributed by atoms with E-state index in [9.17, 15) is 13.2 Å². The van der Waals surface area contributed by atoms with Gasteiger partial charge in [0.25, 0.3) is 10.0 Å². The van der Waals surface area contributed by atoms with Crippen molar-refractivity contribution in [1.82, 2.24) is 0 Å². The van der Waals surface area contributed by atoms with E-state index in [-0.39, 0.29) is 22.3 Å². The molecule has 0 aromatic heterocycles. The Morgan fingerprint density at radius 2 is 1.73 bits per heavy atom. The molecule has 0 radical (unpaired) electrons. The molecule has 0 saturated heterocycles. The van der Waals surface area contributed by atoms with Crippen molar-refractivity contribution in [1.29, 1.82) is 0 Å². The predicted molar refractivity (Wildman–Crippen MR) is 119 cm³/mol. The van der Waals surface area contributed by atoms with Crippen LogP contribution in [0, 0.1) is 24.7 Å². The molecule has 1 saturated carbocycles. The van der Waals surface area contributed by atoms with Crippen LogP contribution < -0.4 is 4.72 Å². The molecule has 2 aromatic carbocycles. The lowest BCUT2D eigenvalue weighted by molar-refractivity contribution is -0.0173. The summed E-state index contributed by atoms with van der Waals surface area (Å²) in [7, 11) is -3.81. The van der Waals surface area contributed by atoms with Crippen molar-refractivity contribution in [3.8, 4) is 0 Å². The lowest BCUT2D eigenvalue weighted by atomic mass is 9.75. The Morgan fingerprint density at radius 3 is 2.40 bits per heavy atom. The highest BCUT2D eigenvalue weighted by Gasteiger charge is 2.34. The lowest BCUT2D eigenvalue weighted by Crippen LogP contribution is -2.36. The number of para-hydroxylation sites is 1. The third kappa shape index (κ3) is 5.22. The maximum Gasteiger partial charge on any atom is 0.340 e. The third-order valence-corrected chi connectivity index (χ3v) is 7.32. The molecule has 1 aliphatic carbocycles. The smallest absolute Gasteiger partial charge is 0.340 e. The van der Waals surface area contributed by atoms with E-state index >= 15 is 0 Å². The SMILES string of the molecule is Cc1ccc(S(=O)(=O)Nc2ccccc2C(=O)O[C@@H]2C[C@H](C)CC[C@H]2C(C)C)cc1. The van der Waals surface area contributed by atoms with Crippen molar-refractivity contribution in [3.05, 3.63) is 59.7 Å². The third-order valence-electron chi connectivity index (χ3n) is 5.94. The number of carbonyl (C=O) groups excluding carboxylic acids is 1. The van der Waals surface area contributed by atoms with E-state index in [2.05, 4.69) is 25.5 Å². The first kappa shape index (κ1) is 22.3. The van der Waals surface area contributed by atoms with Gasteiger partial charge < -0.3 is 4.74 Å². The molecule has 3 rings (SSSR count). The van der Waals surface area contributed by atoms with Crippen molar-refractivity contribution in [2.75, 3.05) is 4.72 Å². The van der Waals surface area contributed by atoms with Gasteiger partial charge >= 0.3 is 5.97 Å². The van der Waals surface area contributed by atoms with Crippen LogP contribution in [0.25, 0.3) is 0 Å². The summed E-state index contributed by atoms with van der Waals surface area (Å²) in [5.41, 5.74) is 1.43. The summed E-state index contributed by atoms with van der Waals surface area (Å²) >= 11 is 0. The van der Waals surface area contributed by atoms with Gasteiger partial charge in [0, 0.05) is 0 Å². The maximum atomic E-state index is 13.0. The predicted octanol–water partition coefficient (Wildman–Crippen LogP) is 5.41. The fraction of sp³-hybridized carbons (Fsp3) is 0.458. The number of esters is 1. The zero-order valence-corrected chi connectivity index (χ0v) is 18.9. The molecular weight excluding hydrogens is 398 g/mol. The molecule has 5 nitrogen and oxygen atoms in total. The van der Waals surface area contributed by atoms with E-state index < -0.39 is 16.0 Å². The van der Waals surface area contributed by atoms with Gasteiger partial charge in [-0.25, -0.2) is 13.2 Å². The topological polar surface area (TPSA) is 72.5 Å². The van der Waals surface area contributed by atoms with Gasteiger partial charge in [-0.2, -0.15) is 0 Å². The average molecular weight is 430 g/mol. The van der Waals surface area contributed by atoms with Gasteiger partial charge in [-0.05, 0) is 61.8 Å². The molecular formula is C24H31NO4S. The van der Waals surface area contributed by atoms with Gasteiger partial charge in [-0.1, -0.05) is 57.0 Å². The van der Waals surface area contributed by atoms with Gasteiger partial charge in [-0.3, -0.25) is 4.72 Å². The van der Waals surface area contributed by atoms with Crippen LogP contribution in [0.3, 0.4) is 0 Å². The van der Waals surface area contributed by atoms with Crippen molar-refractivity contribution >= 4 is 21.7 Å². The van der Waals surface area contributed by atoms with E-state index in [4.69, 9.17) is 4.74 Å². The van der Waals surface area contributed by atoms with Crippen molar-refractivity contribution in [2.45, 2.75) is 58.0 Å². The number of hydrogen-bond acceptors (Lipinski definition) is 4. The number of ether oxygens (including phenoxy) is 1. The Bertz CT molecular complexity index is 983. The monoisotopic (exact) mass is 429 g/mol. The first-order valence-electron chi connectivity index (χ1n) is 10.6. The molecule has 2 aromatic rings. The lowest BCUT2D eigenvalue weighted by Gasteiger charge is -2.36. The second-order valence-corrected chi connectivity index (χ2v) is 10.4. The van der Waals surface area contributed by atoms with E-state index in [0.29, 0.717) is 17.8 Å². The van der Waals surface area contributed by atoms with Crippen molar-refractivity contribution in [2.24, 2.45) is 17.8 Å². The molecule has 1 fully saturated rings. The second-order valence-electron chi connectivity index (χ2n) is 8.73. The van der Waals surface area contributed by atoms with E-state index in [0.717, 1.165) is 24.8 Å². The number of sulfonamides is 1. The van der Waals surface area contributed by atoms with Gasteiger partial charge in [0.15, 0.2) is 0 Å². The zero-order chi connectivity index (χ0) is 21.9. The molecule has 0 heterocycles. The van der Waals surface area contributed by atoms with Crippen LogP contribution in [0.5, 0.6) is 0 Å². The van der Waals surface area contributed by atoms with Gasteiger partial charge in [0.1, 0.15) is 6.10 Å². The summed E-state index contributed by atoms with van der Waals surface area (Å²) in [6.07, 6.45) is 2.87. The molecule has 6 heteroatoms. The van der Waals surface area contributed by atoms with E-state index in [1.807, 2.05) is 6.92 Å². The molecule has 0 bridgehead atoms. The fourth-order valence-corrected chi connectivity index (χ4v) is 5.20. The molecule has 0 spiro atoms. The highest BCUT2D eigenvalue weighted by atomic mass is 32.2. The Kier molecular flexibility index (Phi) is 6.86. The molecule has 1 N–H and O–H groups in total. The number of carbonyl (C=O) groups is 1. The molecule has 0 unspecified atom stereocenters. The Hall–Kier alpha value is -2.34. The summed E-state index contributed by atoms with van der Waals surface area (Å²) in [6, 6.07) is 13.2. The van der Waals surface area contributed by atoms with Crippen LogP contribution in [-0.2, 0) is 14.8 Å². The first-order valence-corrected chi connectivity index (χ1v) is 12.0. The minimum atomic E-state index is -3.81. The van der Waals surface area contributed by atoms with Crippen LogP contribution in [0.15, 0.2) is 53.4 Å². The summed E-state index contributed by atoms with van der Waals surface area (Å²) in [5.74, 6) is 0.766. The number of hydrogen-bond donors (Lipinski definition) is 1. The molecule has 0 aliphatic heterocycles. The minimum Gasteiger partial charge on any atom is -0.458 e. The molecule has 3 atom stereocenters. The Balaban J connectivity index is 1.82. The summed E-state index contributed by atoms with van der Waals surface area (Å²) in [5, 5.41) is 0. The number of anilines is 1. The number of rotatable bonds is 6. The normalized spacial score (nSPS) is 22.0. The van der Waals surface area contributed by atoms with Crippen LogP contribution >= 0.6 is 0 Å². The molecule has 1 aliphatic rings. The van der Waals surface area contributed by atoms with Crippen LogP contribution in [-0.4, -0.2) is 20.5 Å². The maximum absolute atomic E-state index is 13.0. The average Bonchev–Trinajstić information content (AvgIpc) is 2.68. The quantitative estimate of drug-likeness (QED) is 0.623. The minimum absolute atomic E-state index is 0.150. The van der Waals surface area contributed by atoms with Gasteiger partial charge in [-0.15, -0.1) is 0 Å². The van der Waals surface area contributed by atoms with E-state index in [1.54, 1.807) is 48.5 Å². The summed E-state index contributed by atoms with van der Waals surface area (Å²) in [4.78, 5) is 13.2. The molecule has 162 valence electrons. The highest BCUT2D eigenvalue weighted by Crippen LogP contribution is 2.36. The first-order chi connectivity index (χ1) is 14.2. The fourth-order valence-electron chi connectivity index (χ4n) is 4.12. The van der Waals surface area contributed by atoms with Crippen LogP contribution in [0.4, 0.5) is 5.69 Å². The van der Waals surface area contributed by atoms with Crippen LogP contribution in [0.2, 0.25) is 0 Å². The Labute approximate surface area is 179 Å². The largest absolute Gasteiger partial charge is 0.458 e. The van der Waals surface area contributed by atoms with Gasteiger partial charge in [0.05, 0.1) is 16.1 Å². The number of benzene rings is 2. The standard InChI is InChI=1S/C24H31NO4S/c1-16(2)20-14-11-18(4)15-23(20)29-24(26)21-7-5-6-8-22(21)25-30(27,28)19-12-9-17(3)10-13-19/h5-10,12-13,16,18,20,23,25H,11,14-15H2,1-4H3/t18-,20+,23-/m1/s1. The molecule has 30 heavy (non-hydrogen) atoms. The van der Waals surface area contributed by atoms with Gasteiger partial charge in [0.2, 0.25) is 0 Å². The van der Waals surface area contributed by atoms with E-state index in [1.165, 1.54) is 0 Å². The second kappa shape index (κ2) is 9.21. The van der Waals surface area contributed by atoms with Crippen molar-refractivity contribution in [3.63, 3.8) is 0 Å².